The zero-order valence-electron chi connectivity index (χ0n) is 11.1. The fourth-order valence-electron chi connectivity index (χ4n) is 3.30. The minimum atomic E-state index is -0.653. The van der Waals surface area contributed by atoms with Gasteiger partial charge in [0.1, 0.15) is 5.60 Å². The van der Waals surface area contributed by atoms with Crippen molar-refractivity contribution in [3.8, 4) is 0 Å². The third kappa shape index (κ3) is 2.44. The van der Waals surface area contributed by atoms with Gasteiger partial charge in [-0.1, -0.05) is 0 Å². The number of rotatable bonds is 3. The van der Waals surface area contributed by atoms with Crippen LogP contribution in [0, 0.1) is 11.8 Å². The summed E-state index contributed by atoms with van der Waals surface area (Å²) in [6.07, 6.45) is 3.91. The van der Waals surface area contributed by atoms with Gasteiger partial charge in [-0.3, -0.25) is 4.79 Å². The maximum absolute atomic E-state index is 11.8. The number of hydrogen-bond acceptors (Lipinski definition) is 3. The SMILES string of the molecule is CC(C)NC(=O)OC12CCC(CC1)CC2C(N)=O. The number of amides is 2. The lowest BCUT2D eigenvalue weighted by Gasteiger charge is -2.49. The van der Waals surface area contributed by atoms with Crippen LogP contribution < -0.4 is 11.1 Å². The Balaban J connectivity index is 2.10. The molecule has 0 aromatic rings. The van der Waals surface area contributed by atoms with Crippen LogP contribution in [0.5, 0.6) is 0 Å². The van der Waals surface area contributed by atoms with E-state index in [4.69, 9.17) is 10.5 Å². The van der Waals surface area contributed by atoms with Gasteiger partial charge in [0.2, 0.25) is 5.91 Å². The molecule has 2 bridgehead atoms. The summed E-state index contributed by atoms with van der Waals surface area (Å²) in [5.41, 5.74) is 4.81. The third-order valence-corrected chi connectivity index (χ3v) is 4.20. The van der Waals surface area contributed by atoms with Crippen LogP contribution in [-0.2, 0) is 9.53 Å². The summed E-state index contributed by atoms with van der Waals surface area (Å²) in [5, 5.41) is 2.71. The Morgan fingerprint density at radius 3 is 2.44 bits per heavy atom. The monoisotopic (exact) mass is 254 g/mol. The predicted molar refractivity (Wildman–Crippen MR) is 66.7 cm³/mol. The van der Waals surface area contributed by atoms with Gasteiger partial charge in [-0.25, -0.2) is 4.79 Å². The molecule has 3 N–H and O–H groups in total. The lowest BCUT2D eigenvalue weighted by Crippen LogP contribution is -2.56. The molecule has 1 atom stereocenters. The number of carbonyl (C=O) groups is 2. The highest BCUT2D eigenvalue weighted by atomic mass is 16.6. The van der Waals surface area contributed by atoms with Gasteiger partial charge in [-0.15, -0.1) is 0 Å². The lowest BCUT2D eigenvalue weighted by molar-refractivity contribution is -0.147. The second kappa shape index (κ2) is 4.78. The Morgan fingerprint density at radius 2 is 1.94 bits per heavy atom. The van der Waals surface area contributed by atoms with E-state index in [0.29, 0.717) is 5.92 Å². The summed E-state index contributed by atoms with van der Waals surface area (Å²) in [4.78, 5) is 23.3. The lowest BCUT2D eigenvalue weighted by atomic mass is 9.61. The van der Waals surface area contributed by atoms with Crippen molar-refractivity contribution < 1.29 is 14.3 Å². The van der Waals surface area contributed by atoms with Gasteiger partial charge in [0.05, 0.1) is 5.92 Å². The molecule has 0 radical (unpaired) electrons. The minimum absolute atomic E-state index is 0.0286. The quantitative estimate of drug-likeness (QED) is 0.801. The van der Waals surface area contributed by atoms with E-state index in [0.717, 1.165) is 32.1 Å². The summed E-state index contributed by atoms with van der Waals surface area (Å²) in [6.45, 7) is 3.75. The van der Waals surface area contributed by atoms with Gasteiger partial charge in [-0.05, 0) is 51.9 Å². The normalized spacial score (nSPS) is 34.4. The first-order chi connectivity index (χ1) is 8.43. The molecule has 0 aromatic heterocycles. The van der Waals surface area contributed by atoms with Crippen molar-refractivity contribution in [3.63, 3.8) is 0 Å². The number of fused-ring (bicyclic) bond motifs is 3. The molecule has 3 fully saturated rings. The van der Waals surface area contributed by atoms with Crippen LogP contribution >= 0.6 is 0 Å². The van der Waals surface area contributed by atoms with Crippen LogP contribution in [-0.4, -0.2) is 23.6 Å². The van der Waals surface area contributed by atoms with Crippen molar-refractivity contribution in [1.82, 2.24) is 5.32 Å². The largest absolute Gasteiger partial charge is 0.442 e. The molecule has 18 heavy (non-hydrogen) atoms. The first-order valence-corrected chi connectivity index (χ1v) is 6.72. The van der Waals surface area contributed by atoms with Crippen LogP contribution in [0.25, 0.3) is 0 Å². The van der Waals surface area contributed by atoms with Gasteiger partial charge in [0, 0.05) is 6.04 Å². The highest BCUT2D eigenvalue weighted by Crippen LogP contribution is 2.50. The third-order valence-electron chi connectivity index (χ3n) is 4.20. The molecule has 3 aliphatic rings. The molecule has 3 aliphatic carbocycles. The van der Waals surface area contributed by atoms with Crippen molar-refractivity contribution in [2.24, 2.45) is 17.6 Å². The van der Waals surface area contributed by atoms with Crippen molar-refractivity contribution in [2.75, 3.05) is 0 Å². The Labute approximate surface area is 107 Å². The second-order valence-electron chi connectivity index (χ2n) is 5.89. The smallest absolute Gasteiger partial charge is 0.407 e. The number of primary amides is 1. The Morgan fingerprint density at radius 1 is 1.33 bits per heavy atom. The molecule has 0 heterocycles. The minimum Gasteiger partial charge on any atom is -0.442 e. The van der Waals surface area contributed by atoms with Gasteiger partial charge < -0.3 is 15.8 Å². The standard InChI is InChI=1S/C13H22N2O3/c1-8(2)15-12(17)18-13-5-3-9(4-6-13)7-10(13)11(14)16/h8-10H,3-7H2,1-2H3,(H2,14,16)(H,15,17). The van der Waals surface area contributed by atoms with Crippen LogP contribution in [0.1, 0.15) is 46.0 Å². The number of alkyl carbamates (subject to hydrolysis) is 1. The first kappa shape index (κ1) is 13.2. The summed E-state index contributed by atoms with van der Waals surface area (Å²) in [7, 11) is 0. The van der Waals surface area contributed by atoms with E-state index in [1.54, 1.807) is 0 Å². The van der Waals surface area contributed by atoms with Crippen molar-refractivity contribution >= 4 is 12.0 Å². The number of carbonyl (C=O) groups excluding carboxylic acids is 2. The Bertz CT molecular complexity index is 346. The van der Waals surface area contributed by atoms with Crippen LogP contribution in [0.4, 0.5) is 4.79 Å². The molecule has 3 rings (SSSR count). The van der Waals surface area contributed by atoms with E-state index in [-0.39, 0.29) is 17.9 Å². The molecule has 0 saturated heterocycles. The molecule has 0 spiro atoms. The van der Waals surface area contributed by atoms with E-state index in [1.165, 1.54) is 0 Å². The number of nitrogens with two attached hydrogens (primary N) is 1. The molecule has 2 amide bonds. The van der Waals surface area contributed by atoms with Crippen molar-refractivity contribution in [2.45, 2.75) is 57.6 Å². The van der Waals surface area contributed by atoms with Gasteiger partial charge in [0.25, 0.3) is 0 Å². The molecule has 102 valence electrons. The molecule has 5 heteroatoms. The number of ether oxygens (including phenoxy) is 1. The average Bonchev–Trinajstić information content (AvgIpc) is 2.28. The predicted octanol–water partition coefficient (Wildman–Crippen LogP) is 1.56. The number of nitrogens with one attached hydrogen (secondary N) is 1. The maximum atomic E-state index is 11.8. The molecular formula is C13H22N2O3. The molecule has 3 saturated carbocycles. The molecule has 5 nitrogen and oxygen atoms in total. The van der Waals surface area contributed by atoms with Crippen LogP contribution in [0.15, 0.2) is 0 Å². The maximum Gasteiger partial charge on any atom is 0.407 e. The molecular weight excluding hydrogens is 232 g/mol. The second-order valence-corrected chi connectivity index (χ2v) is 5.89. The van der Waals surface area contributed by atoms with E-state index in [9.17, 15) is 9.59 Å². The van der Waals surface area contributed by atoms with Gasteiger partial charge >= 0.3 is 6.09 Å². The first-order valence-electron chi connectivity index (χ1n) is 6.72. The molecule has 0 aromatic carbocycles. The fourth-order valence-corrected chi connectivity index (χ4v) is 3.30. The zero-order valence-corrected chi connectivity index (χ0v) is 11.1. The van der Waals surface area contributed by atoms with Gasteiger partial charge in [-0.2, -0.15) is 0 Å². The van der Waals surface area contributed by atoms with Crippen LogP contribution in [0.2, 0.25) is 0 Å². The van der Waals surface area contributed by atoms with Gasteiger partial charge in [0.15, 0.2) is 0 Å². The summed E-state index contributed by atoms with van der Waals surface area (Å²) in [6, 6.07) is 0.0286. The summed E-state index contributed by atoms with van der Waals surface area (Å²) in [5.74, 6) is -0.0826. The van der Waals surface area contributed by atoms with E-state index < -0.39 is 11.7 Å². The summed E-state index contributed by atoms with van der Waals surface area (Å²) < 4.78 is 5.60. The van der Waals surface area contributed by atoms with E-state index in [1.807, 2.05) is 13.8 Å². The Hall–Kier alpha value is -1.26. The topological polar surface area (TPSA) is 81.4 Å². The van der Waals surface area contributed by atoms with Crippen molar-refractivity contribution in [3.05, 3.63) is 0 Å². The highest BCUT2D eigenvalue weighted by molar-refractivity contribution is 5.79. The number of hydrogen-bond donors (Lipinski definition) is 2. The molecule has 0 aliphatic heterocycles. The highest BCUT2D eigenvalue weighted by Gasteiger charge is 2.53. The Kier molecular flexibility index (Phi) is 3.50. The fraction of sp³-hybridized carbons (Fsp3) is 0.846. The summed E-state index contributed by atoms with van der Waals surface area (Å²) >= 11 is 0. The van der Waals surface area contributed by atoms with E-state index >= 15 is 0 Å². The van der Waals surface area contributed by atoms with Crippen LogP contribution in [0.3, 0.4) is 0 Å². The van der Waals surface area contributed by atoms with E-state index in [2.05, 4.69) is 5.32 Å². The average molecular weight is 254 g/mol. The zero-order chi connectivity index (χ0) is 13.3. The molecule has 1 unspecified atom stereocenters. The van der Waals surface area contributed by atoms with Crippen molar-refractivity contribution in [1.29, 1.82) is 0 Å².